The van der Waals surface area contributed by atoms with Crippen molar-refractivity contribution in [3.63, 3.8) is 0 Å². The first-order chi connectivity index (χ1) is 11.8. The Labute approximate surface area is 153 Å². The van der Waals surface area contributed by atoms with Gasteiger partial charge in [-0.25, -0.2) is 8.42 Å². The van der Waals surface area contributed by atoms with E-state index in [1.54, 1.807) is 48.5 Å². The van der Waals surface area contributed by atoms with E-state index in [2.05, 4.69) is 6.58 Å². The largest absolute Gasteiger partial charge is 0.294 e. The van der Waals surface area contributed by atoms with Crippen molar-refractivity contribution in [3.8, 4) is 0 Å². The quantitative estimate of drug-likeness (QED) is 0.653. The molecular formula is C19H20ClNO3S. The lowest BCUT2D eigenvalue weighted by molar-refractivity contribution is 0.0977. The Hall–Kier alpha value is -1.95. The summed E-state index contributed by atoms with van der Waals surface area (Å²) in [5.41, 5.74) is 1.52. The summed E-state index contributed by atoms with van der Waals surface area (Å²) in [4.78, 5) is 12.4. The summed E-state index contributed by atoms with van der Waals surface area (Å²) in [6.45, 7) is 5.45. The van der Waals surface area contributed by atoms with Crippen LogP contribution in [-0.2, 0) is 10.0 Å². The zero-order valence-corrected chi connectivity index (χ0v) is 15.6. The van der Waals surface area contributed by atoms with Crippen LogP contribution in [0, 0.1) is 6.92 Å². The van der Waals surface area contributed by atoms with Crippen molar-refractivity contribution in [2.24, 2.45) is 0 Å². The van der Waals surface area contributed by atoms with Gasteiger partial charge < -0.3 is 0 Å². The lowest BCUT2D eigenvalue weighted by Crippen LogP contribution is -2.34. The van der Waals surface area contributed by atoms with Crippen molar-refractivity contribution in [2.45, 2.75) is 18.2 Å². The SMILES string of the molecule is C=C(Cl)CN(CCC(=O)c1ccccc1)S(=O)(=O)c1ccc(C)cc1. The number of ketones is 1. The van der Waals surface area contributed by atoms with Crippen molar-refractivity contribution in [2.75, 3.05) is 13.1 Å². The summed E-state index contributed by atoms with van der Waals surface area (Å²) in [7, 11) is -3.75. The lowest BCUT2D eigenvalue weighted by atomic mass is 10.1. The molecule has 0 spiro atoms. The third-order valence-corrected chi connectivity index (χ3v) is 5.67. The molecule has 25 heavy (non-hydrogen) atoms. The second kappa shape index (κ2) is 8.43. The van der Waals surface area contributed by atoms with E-state index in [0.29, 0.717) is 5.56 Å². The highest BCUT2D eigenvalue weighted by Crippen LogP contribution is 2.19. The maximum absolute atomic E-state index is 12.8. The molecule has 0 aliphatic heterocycles. The van der Waals surface area contributed by atoms with Gasteiger partial charge in [-0.2, -0.15) is 4.31 Å². The molecule has 0 amide bonds. The second-order valence-corrected chi connectivity index (χ2v) is 8.18. The summed E-state index contributed by atoms with van der Waals surface area (Å²) < 4.78 is 26.9. The molecule has 0 aromatic heterocycles. The standard InChI is InChI=1S/C19H20ClNO3S/c1-15-8-10-18(11-9-15)25(23,24)21(14-16(2)20)13-12-19(22)17-6-4-3-5-7-17/h3-11H,2,12-14H2,1H3. The molecule has 4 nitrogen and oxygen atoms in total. The van der Waals surface area contributed by atoms with Gasteiger partial charge in [-0.3, -0.25) is 4.79 Å². The number of carbonyl (C=O) groups is 1. The number of sulfonamides is 1. The molecule has 0 aliphatic carbocycles. The minimum atomic E-state index is -3.75. The summed E-state index contributed by atoms with van der Waals surface area (Å²) in [6, 6.07) is 15.3. The Morgan fingerprint density at radius 3 is 2.24 bits per heavy atom. The molecule has 6 heteroatoms. The molecule has 0 unspecified atom stereocenters. The maximum Gasteiger partial charge on any atom is 0.243 e. The third kappa shape index (κ3) is 5.26. The Morgan fingerprint density at radius 2 is 1.68 bits per heavy atom. The molecular weight excluding hydrogens is 358 g/mol. The first kappa shape index (κ1) is 19.4. The van der Waals surface area contributed by atoms with Gasteiger partial charge in [0.1, 0.15) is 0 Å². The predicted molar refractivity (Wildman–Crippen MR) is 100 cm³/mol. The van der Waals surface area contributed by atoms with E-state index in [-0.39, 0.29) is 35.2 Å². The Kier molecular flexibility index (Phi) is 6.53. The topological polar surface area (TPSA) is 54.5 Å². The molecule has 2 rings (SSSR count). The normalized spacial score (nSPS) is 11.5. The number of benzene rings is 2. The van der Waals surface area contributed by atoms with Crippen LogP contribution < -0.4 is 0 Å². The van der Waals surface area contributed by atoms with Crippen LogP contribution in [-0.4, -0.2) is 31.6 Å². The summed E-state index contributed by atoms with van der Waals surface area (Å²) in [5.74, 6) is -0.120. The van der Waals surface area contributed by atoms with Gasteiger partial charge in [0.25, 0.3) is 0 Å². The second-order valence-electron chi connectivity index (χ2n) is 5.71. The van der Waals surface area contributed by atoms with Crippen molar-refractivity contribution in [1.29, 1.82) is 0 Å². The van der Waals surface area contributed by atoms with Gasteiger partial charge >= 0.3 is 0 Å². The third-order valence-electron chi connectivity index (χ3n) is 3.69. The fourth-order valence-corrected chi connectivity index (χ4v) is 3.98. The Bertz CT molecular complexity index is 846. The number of Topliss-reactive ketones (excluding diaryl/α,β-unsaturated/α-hetero) is 1. The smallest absolute Gasteiger partial charge is 0.243 e. The van der Waals surface area contributed by atoms with Crippen LogP contribution in [0.2, 0.25) is 0 Å². The minimum Gasteiger partial charge on any atom is -0.294 e. The molecule has 0 heterocycles. The molecule has 0 N–H and O–H groups in total. The van der Waals surface area contributed by atoms with Crippen molar-refractivity contribution >= 4 is 27.4 Å². The molecule has 0 aliphatic rings. The number of nitrogens with zero attached hydrogens (tertiary/aromatic N) is 1. The molecule has 0 saturated carbocycles. The predicted octanol–water partition coefficient (Wildman–Crippen LogP) is 4.01. The van der Waals surface area contributed by atoms with Gasteiger partial charge in [0, 0.05) is 30.1 Å². The summed E-state index contributed by atoms with van der Waals surface area (Å²) in [6.07, 6.45) is 0.0687. The van der Waals surface area contributed by atoms with Crippen molar-refractivity contribution < 1.29 is 13.2 Å². The fraction of sp³-hybridized carbons (Fsp3) is 0.211. The fourth-order valence-electron chi connectivity index (χ4n) is 2.33. The molecule has 0 atom stereocenters. The number of carbonyl (C=O) groups excluding carboxylic acids is 1. The zero-order chi connectivity index (χ0) is 18.4. The van der Waals surface area contributed by atoms with Gasteiger partial charge in [0.2, 0.25) is 10.0 Å². The van der Waals surface area contributed by atoms with Gasteiger partial charge in [-0.1, -0.05) is 66.2 Å². The average Bonchev–Trinajstić information content (AvgIpc) is 2.59. The van der Waals surface area contributed by atoms with Gasteiger partial charge in [0.05, 0.1) is 4.90 Å². The number of hydrogen-bond acceptors (Lipinski definition) is 3. The highest BCUT2D eigenvalue weighted by Gasteiger charge is 2.25. The Balaban J connectivity index is 2.19. The number of aryl methyl sites for hydroxylation is 1. The molecule has 0 radical (unpaired) electrons. The Morgan fingerprint density at radius 1 is 1.08 bits per heavy atom. The summed E-state index contributed by atoms with van der Waals surface area (Å²) >= 11 is 5.84. The van der Waals surface area contributed by atoms with Gasteiger partial charge in [-0.15, -0.1) is 0 Å². The van der Waals surface area contributed by atoms with Gasteiger partial charge in [-0.05, 0) is 19.1 Å². The van der Waals surface area contributed by atoms with E-state index in [4.69, 9.17) is 11.6 Å². The lowest BCUT2D eigenvalue weighted by Gasteiger charge is -2.21. The monoisotopic (exact) mass is 377 g/mol. The van der Waals surface area contributed by atoms with Crippen LogP contribution in [0.3, 0.4) is 0 Å². The first-order valence-electron chi connectivity index (χ1n) is 7.79. The highest BCUT2D eigenvalue weighted by atomic mass is 35.5. The molecule has 0 fully saturated rings. The number of hydrogen-bond donors (Lipinski definition) is 0. The van der Waals surface area contributed by atoms with Crippen LogP contribution in [0.5, 0.6) is 0 Å². The van der Waals surface area contributed by atoms with Crippen molar-refractivity contribution in [3.05, 3.63) is 77.3 Å². The van der Waals surface area contributed by atoms with Crippen LogP contribution in [0.1, 0.15) is 22.3 Å². The van der Waals surface area contributed by atoms with E-state index in [1.807, 2.05) is 13.0 Å². The molecule has 2 aromatic rings. The van der Waals surface area contributed by atoms with Crippen LogP contribution in [0.15, 0.2) is 71.1 Å². The van der Waals surface area contributed by atoms with E-state index in [1.165, 1.54) is 4.31 Å². The van der Waals surface area contributed by atoms with E-state index < -0.39 is 10.0 Å². The van der Waals surface area contributed by atoms with E-state index in [9.17, 15) is 13.2 Å². The summed E-state index contributed by atoms with van der Waals surface area (Å²) in [5, 5.41) is 0.197. The van der Waals surface area contributed by atoms with Crippen LogP contribution >= 0.6 is 11.6 Å². The maximum atomic E-state index is 12.8. The molecule has 0 bridgehead atoms. The highest BCUT2D eigenvalue weighted by molar-refractivity contribution is 7.89. The number of rotatable bonds is 8. The zero-order valence-electron chi connectivity index (χ0n) is 14.0. The van der Waals surface area contributed by atoms with Crippen molar-refractivity contribution in [1.82, 2.24) is 4.31 Å². The first-order valence-corrected chi connectivity index (χ1v) is 9.61. The van der Waals surface area contributed by atoms with E-state index in [0.717, 1.165) is 5.56 Å². The van der Waals surface area contributed by atoms with Crippen LogP contribution in [0.25, 0.3) is 0 Å². The van der Waals surface area contributed by atoms with Crippen LogP contribution in [0.4, 0.5) is 0 Å². The number of halogens is 1. The van der Waals surface area contributed by atoms with Gasteiger partial charge in [0.15, 0.2) is 5.78 Å². The molecule has 0 saturated heterocycles. The van der Waals surface area contributed by atoms with E-state index >= 15 is 0 Å². The average molecular weight is 378 g/mol. The molecule has 2 aromatic carbocycles. The minimum absolute atomic E-state index is 0.0374. The molecule has 132 valence electrons.